The number of rotatable bonds is 4. The number of nitrogens with one attached hydrogen (secondary N) is 1. The molecule has 3 aromatic carbocycles. The first-order chi connectivity index (χ1) is 10.8. The number of fused-ring (bicyclic) bond motifs is 1. The van der Waals surface area contributed by atoms with Crippen LogP contribution in [0.4, 0.5) is 5.69 Å². The van der Waals surface area contributed by atoms with Gasteiger partial charge in [-0.15, -0.1) is 0 Å². The number of aliphatic imine (C=N–C) groups is 1. The van der Waals surface area contributed by atoms with Crippen molar-refractivity contribution in [1.29, 1.82) is 0 Å². The molecule has 0 bridgehead atoms. The van der Waals surface area contributed by atoms with E-state index in [1.165, 1.54) is 16.3 Å². The maximum atomic E-state index is 5.92. The predicted octanol–water partition coefficient (Wildman–Crippen LogP) is 3.81. The maximum absolute atomic E-state index is 5.92. The lowest BCUT2D eigenvalue weighted by Gasteiger charge is -2.07. The molecular weight excluding hydrogens is 270 g/mol. The Morgan fingerprint density at radius 3 is 2.45 bits per heavy atom. The van der Waals surface area contributed by atoms with E-state index in [1.807, 2.05) is 30.3 Å². The van der Waals surface area contributed by atoms with Crippen LogP contribution in [0.2, 0.25) is 0 Å². The van der Waals surface area contributed by atoms with Crippen LogP contribution in [0.15, 0.2) is 77.8 Å². The second kappa shape index (κ2) is 6.76. The van der Waals surface area contributed by atoms with Gasteiger partial charge >= 0.3 is 0 Å². The van der Waals surface area contributed by atoms with E-state index in [-0.39, 0.29) is 0 Å². The fourth-order valence-electron chi connectivity index (χ4n) is 2.52. The summed E-state index contributed by atoms with van der Waals surface area (Å²) in [4.78, 5) is 4.40. The molecule has 0 amide bonds. The normalized spacial score (nSPS) is 11.5. The maximum Gasteiger partial charge on any atom is 0.193 e. The zero-order chi connectivity index (χ0) is 15.2. The molecule has 0 fully saturated rings. The molecule has 0 aliphatic heterocycles. The molecule has 3 heteroatoms. The fourth-order valence-corrected chi connectivity index (χ4v) is 2.52. The summed E-state index contributed by atoms with van der Waals surface area (Å²) >= 11 is 0. The third-order valence-corrected chi connectivity index (χ3v) is 3.59. The summed E-state index contributed by atoms with van der Waals surface area (Å²) in [6.07, 6.45) is 0.874. The molecule has 3 rings (SSSR count). The van der Waals surface area contributed by atoms with Gasteiger partial charge in [-0.2, -0.15) is 0 Å². The molecule has 0 aromatic heterocycles. The molecule has 0 unspecified atom stereocenters. The van der Waals surface area contributed by atoms with Gasteiger partial charge in [-0.05, 0) is 34.9 Å². The fraction of sp³-hybridized carbons (Fsp3) is 0.105. The Bertz CT molecular complexity index is 774. The minimum atomic E-state index is 0.450. The summed E-state index contributed by atoms with van der Waals surface area (Å²) < 4.78 is 0. The van der Waals surface area contributed by atoms with Crippen LogP contribution in [0.25, 0.3) is 10.8 Å². The molecule has 0 atom stereocenters. The third kappa shape index (κ3) is 3.44. The molecule has 0 saturated carbocycles. The molecule has 0 saturated heterocycles. The Kier molecular flexibility index (Phi) is 4.35. The Hall–Kier alpha value is -2.81. The van der Waals surface area contributed by atoms with Gasteiger partial charge in [-0.1, -0.05) is 60.7 Å². The zero-order valence-electron chi connectivity index (χ0n) is 12.4. The van der Waals surface area contributed by atoms with Crippen LogP contribution in [0, 0.1) is 0 Å². The third-order valence-electron chi connectivity index (χ3n) is 3.59. The van der Waals surface area contributed by atoms with Crippen molar-refractivity contribution in [2.45, 2.75) is 6.42 Å². The van der Waals surface area contributed by atoms with Crippen molar-refractivity contribution in [2.24, 2.45) is 10.7 Å². The van der Waals surface area contributed by atoms with E-state index in [0.29, 0.717) is 12.5 Å². The van der Waals surface area contributed by atoms with Crippen LogP contribution < -0.4 is 11.1 Å². The van der Waals surface area contributed by atoms with Crippen LogP contribution in [0.3, 0.4) is 0 Å². The molecule has 0 spiro atoms. The summed E-state index contributed by atoms with van der Waals surface area (Å²) in [6, 6.07) is 24.6. The first kappa shape index (κ1) is 14.1. The van der Waals surface area contributed by atoms with E-state index in [2.05, 4.69) is 52.8 Å². The minimum absolute atomic E-state index is 0.450. The average molecular weight is 289 g/mol. The number of hydrogen-bond donors (Lipinski definition) is 2. The lowest BCUT2D eigenvalue weighted by atomic mass is 10.0. The van der Waals surface area contributed by atoms with E-state index < -0.39 is 0 Å². The summed E-state index contributed by atoms with van der Waals surface area (Å²) in [5, 5.41) is 5.64. The highest BCUT2D eigenvalue weighted by molar-refractivity contribution is 5.92. The second-order valence-electron chi connectivity index (χ2n) is 5.15. The van der Waals surface area contributed by atoms with Gasteiger partial charge in [0.1, 0.15) is 0 Å². The van der Waals surface area contributed by atoms with Crippen LogP contribution in [-0.4, -0.2) is 12.5 Å². The van der Waals surface area contributed by atoms with Crippen molar-refractivity contribution in [3.63, 3.8) is 0 Å². The molecule has 0 radical (unpaired) electrons. The first-order valence-corrected chi connectivity index (χ1v) is 7.41. The van der Waals surface area contributed by atoms with E-state index >= 15 is 0 Å². The zero-order valence-corrected chi connectivity index (χ0v) is 12.4. The highest BCUT2D eigenvalue weighted by Crippen LogP contribution is 2.18. The summed E-state index contributed by atoms with van der Waals surface area (Å²) in [5.74, 6) is 0.450. The number of nitrogens with two attached hydrogens (primary N) is 1. The van der Waals surface area contributed by atoms with Gasteiger partial charge in [0, 0.05) is 12.2 Å². The topological polar surface area (TPSA) is 50.4 Å². The van der Waals surface area contributed by atoms with Gasteiger partial charge < -0.3 is 11.1 Å². The van der Waals surface area contributed by atoms with E-state index in [9.17, 15) is 0 Å². The van der Waals surface area contributed by atoms with E-state index in [4.69, 9.17) is 5.73 Å². The van der Waals surface area contributed by atoms with Gasteiger partial charge in [0.05, 0.1) is 0 Å². The number of para-hydroxylation sites is 1. The lowest BCUT2D eigenvalue weighted by molar-refractivity contribution is 0.973. The van der Waals surface area contributed by atoms with Gasteiger partial charge in [-0.3, -0.25) is 4.99 Å². The quantitative estimate of drug-likeness (QED) is 0.567. The van der Waals surface area contributed by atoms with Crippen molar-refractivity contribution < 1.29 is 0 Å². The lowest BCUT2D eigenvalue weighted by Crippen LogP contribution is -2.23. The first-order valence-electron chi connectivity index (χ1n) is 7.41. The Morgan fingerprint density at radius 2 is 1.59 bits per heavy atom. The van der Waals surface area contributed by atoms with Gasteiger partial charge in [0.2, 0.25) is 0 Å². The molecule has 3 aromatic rings. The smallest absolute Gasteiger partial charge is 0.193 e. The van der Waals surface area contributed by atoms with Crippen LogP contribution >= 0.6 is 0 Å². The van der Waals surface area contributed by atoms with Gasteiger partial charge in [-0.25, -0.2) is 0 Å². The molecule has 3 N–H and O–H groups in total. The number of anilines is 1. The molecule has 0 heterocycles. The van der Waals surface area contributed by atoms with Crippen molar-refractivity contribution in [3.8, 4) is 0 Å². The SMILES string of the molecule is NC(=NCCc1cccc2ccccc12)Nc1ccccc1. The summed E-state index contributed by atoms with van der Waals surface area (Å²) in [6.45, 7) is 0.666. The molecular formula is C19H19N3. The molecule has 0 aliphatic rings. The van der Waals surface area contributed by atoms with Crippen molar-refractivity contribution in [2.75, 3.05) is 11.9 Å². The monoisotopic (exact) mass is 289 g/mol. The summed E-state index contributed by atoms with van der Waals surface area (Å²) in [7, 11) is 0. The van der Waals surface area contributed by atoms with Gasteiger partial charge in [0.25, 0.3) is 0 Å². The number of benzene rings is 3. The van der Waals surface area contributed by atoms with E-state index in [0.717, 1.165) is 12.1 Å². The molecule has 3 nitrogen and oxygen atoms in total. The summed E-state index contributed by atoms with van der Waals surface area (Å²) in [5.41, 5.74) is 8.17. The average Bonchev–Trinajstić information content (AvgIpc) is 2.56. The van der Waals surface area contributed by atoms with Gasteiger partial charge in [0.15, 0.2) is 5.96 Å². The van der Waals surface area contributed by atoms with Crippen molar-refractivity contribution >= 4 is 22.4 Å². The van der Waals surface area contributed by atoms with Crippen molar-refractivity contribution in [1.82, 2.24) is 0 Å². The van der Waals surface area contributed by atoms with E-state index in [1.54, 1.807) is 0 Å². The molecule has 22 heavy (non-hydrogen) atoms. The van der Waals surface area contributed by atoms with Crippen molar-refractivity contribution in [3.05, 3.63) is 78.4 Å². The largest absolute Gasteiger partial charge is 0.370 e. The second-order valence-corrected chi connectivity index (χ2v) is 5.15. The Balaban J connectivity index is 1.65. The Labute approximate surface area is 130 Å². The highest BCUT2D eigenvalue weighted by Gasteiger charge is 2.00. The van der Waals surface area contributed by atoms with Crippen LogP contribution in [-0.2, 0) is 6.42 Å². The number of hydrogen-bond acceptors (Lipinski definition) is 1. The predicted molar refractivity (Wildman–Crippen MR) is 94.2 cm³/mol. The number of nitrogens with zero attached hydrogens (tertiary/aromatic N) is 1. The van der Waals surface area contributed by atoms with Crippen LogP contribution in [0.5, 0.6) is 0 Å². The molecule has 110 valence electrons. The minimum Gasteiger partial charge on any atom is -0.370 e. The van der Waals surface area contributed by atoms with Crippen LogP contribution in [0.1, 0.15) is 5.56 Å². The Morgan fingerprint density at radius 1 is 0.864 bits per heavy atom. The standard InChI is InChI=1S/C19H19N3/c20-19(22-17-10-2-1-3-11-17)21-14-13-16-9-6-8-15-7-4-5-12-18(15)16/h1-12H,13-14H2,(H3,20,21,22). The molecule has 0 aliphatic carbocycles. The number of guanidine groups is 1. The highest BCUT2D eigenvalue weighted by atomic mass is 15.1.